The molecule has 0 bridgehead atoms. The van der Waals surface area contributed by atoms with E-state index in [9.17, 15) is 18.0 Å². The fraction of sp³-hybridized carbons (Fsp3) is 0.571. The lowest BCUT2D eigenvalue weighted by atomic mass is 9.75. The summed E-state index contributed by atoms with van der Waals surface area (Å²) >= 11 is 0. The molecule has 1 aliphatic carbocycles. The monoisotopic (exact) mass is 398 g/mol. The lowest BCUT2D eigenvalue weighted by molar-refractivity contribution is -0.137. The van der Waals surface area contributed by atoms with Gasteiger partial charge in [-0.05, 0) is 51.3 Å². The Bertz CT molecular complexity index is 751. The molecule has 2 atom stereocenters. The highest BCUT2D eigenvalue weighted by molar-refractivity contribution is 5.85. The lowest BCUT2D eigenvalue weighted by Crippen LogP contribution is -2.43. The lowest BCUT2D eigenvalue weighted by Gasteiger charge is -2.31. The SMILES string of the molecule is CC(C)[C@]1(C(=O)NCc2cc(C(F)(F)F)ccc2OC(C)(C)C)C=CC(N)C1. The van der Waals surface area contributed by atoms with Gasteiger partial charge in [0.25, 0.3) is 0 Å². The van der Waals surface area contributed by atoms with Crippen LogP contribution in [0.4, 0.5) is 13.2 Å². The number of alkyl halides is 3. The highest BCUT2D eigenvalue weighted by atomic mass is 19.4. The first-order chi connectivity index (χ1) is 12.7. The number of carbonyl (C=O) groups is 1. The first kappa shape index (κ1) is 22.3. The standard InChI is InChI=1S/C21H29F3N2O2/c1-13(2)20(9-8-16(25)11-20)18(27)26-12-14-10-15(21(22,23)24)6-7-17(14)28-19(3,4)5/h6-10,13,16H,11-12,25H2,1-5H3,(H,26,27)/t16?,20-/m0/s1. The molecule has 0 saturated heterocycles. The molecule has 2 rings (SSSR count). The number of amides is 1. The molecule has 1 unspecified atom stereocenters. The predicted octanol–water partition coefficient (Wildman–Crippen LogP) is 4.43. The third-order valence-corrected chi connectivity index (χ3v) is 4.91. The van der Waals surface area contributed by atoms with E-state index in [1.807, 2.05) is 40.7 Å². The molecule has 1 amide bonds. The van der Waals surface area contributed by atoms with Gasteiger partial charge in [0.15, 0.2) is 0 Å². The molecular formula is C21H29F3N2O2. The number of hydrogen-bond acceptors (Lipinski definition) is 3. The first-order valence-corrected chi connectivity index (χ1v) is 9.37. The van der Waals surface area contributed by atoms with Crippen molar-refractivity contribution in [1.29, 1.82) is 0 Å². The van der Waals surface area contributed by atoms with Crippen LogP contribution in [0.2, 0.25) is 0 Å². The van der Waals surface area contributed by atoms with Gasteiger partial charge in [0.2, 0.25) is 5.91 Å². The summed E-state index contributed by atoms with van der Waals surface area (Å²) < 4.78 is 45.2. The molecule has 1 aliphatic rings. The van der Waals surface area contributed by atoms with Crippen molar-refractivity contribution in [3.05, 3.63) is 41.5 Å². The summed E-state index contributed by atoms with van der Waals surface area (Å²) in [5.41, 5.74) is 4.10. The maximum Gasteiger partial charge on any atom is 0.416 e. The van der Waals surface area contributed by atoms with E-state index in [2.05, 4.69) is 5.32 Å². The van der Waals surface area contributed by atoms with Crippen molar-refractivity contribution in [2.24, 2.45) is 17.1 Å². The zero-order valence-electron chi connectivity index (χ0n) is 17.0. The maximum atomic E-state index is 13.1. The van der Waals surface area contributed by atoms with Gasteiger partial charge in [0.1, 0.15) is 11.4 Å². The number of halogens is 3. The number of carbonyl (C=O) groups excluding carboxylic acids is 1. The van der Waals surface area contributed by atoms with E-state index in [0.29, 0.717) is 12.2 Å². The van der Waals surface area contributed by atoms with Gasteiger partial charge in [-0.15, -0.1) is 0 Å². The average Bonchev–Trinajstić information content (AvgIpc) is 2.94. The van der Waals surface area contributed by atoms with Crippen LogP contribution in [0.5, 0.6) is 5.75 Å². The summed E-state index contributed by atoms with van der Waals surface area (Å²) in [4.78, 5) is 12.9. The van der Waals surface area contributed by atoms with Crippen molar-refractivity contribution < 1.29 is 22.7 Å². The molecule has 0 spiro atoms. The Morgan fingerprint density at radius 2 is 1.96 bits per heavy atom. The molecule has 156 valence electrons. The summed E-state index contributed by atoms with van der Waals surface area (Å²) in [7, 11) is 0. The van der Waals surface area contributed by atoms with Gasteiger partial charge < -0.3 is 15.8 Å². The van der Waals surface area contributed by atoms with Gasteiger partial charge in [0, 0.05) is 18.2 Å². The van der Waals surface area contributed by atoms with Crippen LogP contribution in [0.3, 0.4) is 0 Å². The summed E-state index contributed by atoms with van der Waals surface area (Å²) in [5.74, 6) is 0.0768. The highest BCUT2D eigenvalue weighted by Gasteiger charge is 2.43. The van der Waals surface area contributed by atoms with Crippen LogP contribution in [-0.2, 0) is 17.5 Å². The topological polar surface area (TPSA) is 64.3 Å². The van der Waals surface area contributed by atoms with Gasteiger partial charge in [-0.2, -0.15) is 13.2 Å². The minimum absolute atomic E-state index is 0.00380. The molecule has 0 fully saturated rings. The second-order valence-electron chi connectivity index (χ2n) is 8.64. The smallest absolute Gasteiger partial charge is 0.416 e. The fourth-order valence-electron chi connectivity index (χ4n) is 3.34. The van der Waals surface area contributed by atoms with Crippen LogP contribution in [0.15, 0.2) is 30.4 Å². The van der Waals surface area contributed by atoms with Gasteiger partial charge in [-0.1, -0.05) is 26.0 Å². The largest absolute Gasteiger partial charge is 0.488 e. The summed E-state index contributed by atoms with van der Waals surface area (Å²) in [5, 5.41) is 2.80. The summed E-state index contributed by atoms with van der Waals surface area (Å²) in [6, 6.07) is 3.11. The minimum atomic E-state index is -4.47. The van der Waals surface area contributed by atoms with Crippen LogP contribution in [0, 0.1) is 11.3 Å². The quantitative estimate of drug-likeness (QED) is 0.722. The normalized spacial score (nSPS) is 22.6. The number of benzene rings is 1. The Hall–Kier alpha value is -2.02. The minimum Gasteiger partial charge on any atom is -0.488 e. The van der Waals surface area contributed by atoms with Crippen molar-refractivity contribution >= 4 is 5.91 Å². The maximum absolute atomic E-state index is 13.1. The van der Waals surface area contributed by atoms with E-state index in [0.717, 1.165) is 12.1 Å². The van der Waals surface area contributed by atoms with Gasteiger partial charge in [0.05, 0.1) is 11.0 Å². The van der Waals surface area contributed by atoms with Gasteiger partial charge in [-0.3, -0.25) is 4.79 Å². The van der Waals surface area contributed by atoms with Crippen LogP contribution in [0.1, 0.15) is 52.2 Å². The third-order valence-electron chi connectivity index (χ3n) is 4.91. The van der Waals surface area contributed by atoms with Crippen molar-refractivity contribution in [2.75, 3.05) is 0 Å². The molecule has 0 aromatic heterocycles. The molecule has 3 N–H and O–H groups in total. The summed E-state index contributed by atoms with van der Waals surface area (Å²) in [6.07, 6.45) is -0.377. The Morgan fingerprint density at radius 1 is 1.32 bits per heavy atom. The molecule has 0 aliphatic heterocycles. The van der Waals surface area contributed by atoms with Crippen LogP contribution < -0.4 is 15.8 Å². The number of nitrogens with two attached hydrogens (primary N) is 1. The Kier molecular flexibility index (Phi) is 6.19. The number of ether oxygens (including phenoxy) is 1. The second-order valence-corrected chi connectivity index (χ2v) is 8.64. The number of rotatable bonds is 5. The summed E-state index contributed by atoms with van der Waals surface area (Å²) in [6.45, 7) is 9.23. The fourth-order valence-corrected chi connectivity index (χ4v) is 3.34. The van der Waals surface area contributed by atoms with Crippen LogP contribution in [-0.4, -0.2) is 17.6 Å². The van der Waals surface area contributed by atoms with E-state index < -0.39 is 22.8 Å². The molecule has 0 saturated carbocycles. The van der Waals surface area contributed by atoms with Crippen LogP contribution in [0.25, 0.3) is 0 Å². The average molecular weight is 398 g/mol. The number of nitrogens with one attached hydrogen (secondary N) is 1. The third kappa shape index (κ3) is 5.07. The molecule has 28 heavy (non-hydrogen) atoms. The van der Waals surface area contributed by atoms with Gasteiger partial charge >= 0.3 is 6.18 Å². The molecule has 4 nitrogen and oxygen atoms in total. The Morgan fingerprint density at radius 3 is 2.43 bits per heavy atom. The molecular weight excluding hydrogens is 369 g/mol. The van der Waals surface area contributed by atoms with Crippen molar-refractivity contribution in [2.45, 2.75) is 65.4 Å². The van der Waals surface area contributed by atoms with Crippen molar-refractivity contribution in [3.8, 4) is 5.75 Å². The zero-order valence-corrected chi connectivity index (χ0v) is 17.0. The molecule has 0 radical (unpaired) electrons. The van der Waals surface area contributed by atoms with Crippen molar-refractivity contribution in [1.82, 2.24) is 5.32 Å². The zero-order chi connectivity index (χ0) is 21.3. The first-order valence-electron chi connectivity index (χ1n) is 9.37. The molecule has 0 heterocycles. The van der Waals surface area contributed by atoms with E-state index in [1.54, 1.807) is 6.08 Å². The second kappa shape index (κ2) is 7.78. The Balaban J connectivity index is 2.28. The van der Waals surface area contributed by atoms with E-state index in [1.165, 1.54) is 6.07 Å². The predicted molar refractivity (Wildman–Crippen MR) is 103 cm³/mol. The number of hydrogen-bond donors (Lipinski definition) is 2. The van der Waals surface area contributed by atoms with E-state index in [-0.39, 0.29) is 30.0 Å². The highest BCUT2D eigenvalue weighted by Crippen LogP contribution is 2.39. The van der Waals surface area contributed by atoms with E-state index in [4.69, 9.17) is 10.5 Å². The van der Waals surface area contributed by atoms with Crippen molar-refractivity contribution in [3.63, 3.8) is 0 Å². The molecule has 1 aromatic carbocycles. The van der Waals surface area contributed by atoms with E-state index >= 15 is 0 Å². The van der Waals surface area contributed by atoms with Gasteiger partial charge in [-0.25, -0.2) is 0 Å². The molecule has 7 heteroatoms. The Labute approximate surface area is 164 Å². The van der Waals surface area contributed by atoms with Crippen LogP contribution >= 0.6 is 0 Å². The molecule has 1 aromatic rings.